The Morgan fingerprint density at radius 1 is 1.50 bits per heavy atom. The van der Waals surface area contributed by atoms with Crippen LogP contribution in [-0.4, -0.2) is 18.6 Å². The smallest absolute Gasteiger partial charge is 0.258 e. The van der Waals surface area contributed by atoms with Crippen molar-refractivity contribution in [1.82, 2.24) is 5.32 Å². The molecule has 3 nitrogen and oxygen atoms in total. The van der Waals surface area contributed by atoms with Gasteiger partial charge < -0.3 is 10.1 Å². The molecular formula is C14H18BrNO2. The minimum absolute atomic E-state index is 0.0323. The van der Waals surface area contributed by atoms with E-state index in [9.17, 15) is 4.79 Å². The van der Waals surface area contributed by atoms with Gasteiger partial charge in [0.25, 0.3) is 5.91 Å². The molecule has 1 aromatic carbocycles. The first-order valence-electron chi connectivity index (χ1n) is 6.28. The van der Waals surface area contributed by atoms with Crippen molar-refractivity contribution in [3.63, 3.8) is 0 Å². The summed E-state index contributed by atoms with van der Waals surface area (Å²) in [6, 6.07) is 6.26. The van der Waals surface area contributed by atoms with E-state index in [1.54, 1.807) is 0 Å². The molecule has 4 heteroatoms. The lowest BCUT2D eigenvalue weighted by molar-refractivity contribution is -0.123. The number of hydrogen-bond acceptors (Lipinski definition) is 2. The number of halogens is 1. The van der Waals surface area contributed by atoms with Crippen LogP contribution in [-0.2, 0) is 4.79 Å². The molecule has 1 saturated carbocycles. The van der Waals surface area contributed by atoms with Crippen LogP contribution in [0.2, 0.25) is 0 Å². The fourth-order valence-electron chi connectivity index (χ4n) is 1.74. The lowest BCUT2D eigenvalue weighted by Gasteiger charge is -2.14. The summed E-state index contributed by atoms with van der Waals surface area (Å²) in [6.45, 7) is 4.32. The van der Waals surface area contributed by atoms with Crippen LogP contribution in [0, 0.1) is 0 Å². The van der Waals surface area contributed by atoms with Gasteiger partial charge in [0.15, 0.2) is 6.61 Å². The van der Waals surface area contributed by atoms with Crippen molar-refractivity contribution in [3.8, 4) is 5.75 Å². The average Bonchev–Trinajstić information content (AvgIpc) is 3.11. The second-order valence-electron chi connectivity index (χ2n) is 4.97. The minimum atomic E-state index is -0.0323. The van der Waals surface area contributed by atoms with Crippen molar-refractivity contribution < 1.29 is 9.53 Å². The van der Waals surface area contributed by atoms with Gasteiger partial charge in [0.2, 0.25) is 0 Å². The highest BCUT2D eigenvalue weighted by molar-refractivity contribution is 9.10. The highest BCUT2D eigenvalue weighted by Gasteiger charge is 2.23. The van der Waals surface area contributed by atoms with Gasteiger partial charge in [-0.05, 0) is 42.5 Å². The zero-order valence-electron chi connectivity index (χ0n) is 10.7. The third kappa shape index (κ3) is 3.73. The van der Waals surface area contributed by atoms with E-state index in [1.807, 2.05) is 18.2 Å². The fourth-order valence-corrected chi connectivity index (χ4v) is 2.12. The maximum Gasteiger partial charge on any atom is 0.258 e. The summed E-state index contributed by atoms with van der Waals surface area (Å²) in [5.41, 5.74) is 1.11. The van der Waals surface area contributed by atoms with E-state index >= 15 is 0 Å². The molecule has 1 amide bonds. The third-order valence-corrected chi connectivity index (χ3v) is 3.39. The molecule has 1 aliphatic rings. The second-order valence-corrected chi connectivity index (χ2v) is 5.88. The third-order valence-electron chi connectivity index (χ3n) is 2.90. The quantitative estimate of drug-likeness (QED) is 0.906. The molecule has 0 unspecified atom stereocenters. The summed E-state index contributed by atoms with van der Waals surface area (Å²) >= 11 is 3.45. The van der Waals surface area contributed by atoms with E-state index in [0.717, 1.165) is 28.6 Å². The lowest BCUT2D eigenvalue weighted by atomic mass is 10.0. The maximum absolute atomic E-state index is 11.6. The normalized spacial score (nSPS) is 14.7. The first kappa shape index (κ1) is 13.4. The van der Waals surface area contributed by atoms with E-state index in [2.05, 4.69) is 35.1 Å². The Balaban J connectivity index is 1.96. The average molecular weight is 312 g/mol. The Morgan fingerprint density at radius 2 is 2.22 bits per heavy atom. The topological polar surface area (TPSA) is 38.3 Å². The summed E-state index contributed by atoms with van der Waals surface area (Å²) in [6.07, 6.45) is 2.20. The van der Waals surface area contributed by atoms with Crippen LogP contribution in [0.4, 0.5) is 0 Å². The van der Waals surface area contributed by atoms with Crippen molar-refractivity contribution in [1.29, 1.82) is 0 Å². The Labute approximate surface area is 116 Å². The summed E-state index contributed by atoms with van der Waals surface area (Å²) < 4.78 is 6.64. The van der Waals surface area contributed by atoms with Gasteiger partial charge in [-0.2, -0.15) is 0 Å². The van der Waals surface area contributed by atoms with Crippen LogP contribution >= 0.6 is 15.9 Å². The van der Waals surface area contributed by atoms with Gasteiger partial charge in [-0.25, -0.2) is 0 Å². The van der Waals surface area contributed by atoms with E-state index in [-0.39, 0.29) is 12.5 Å². The van der Waals surface area contributed by atoms with Crippen molar-refractivity contribution >= 4 is 21.8 Å². The van der Waals surface area contributed by atoms with E-state index in [0.29, 0.717) is 12.0 Å². The Bertz CT molecular complexity index is 441. The Kier molecular flexibility index (Phi) is 4.27. The van der Waals surface area contributed by atoms with Crippen molar-refractivity contribution in [2.24, 2.45) is 0 Å². The van der Waals surface area contributed by atoms with Crippen LogP contribution in [0.25, 0.3) is 0 Å². The van der Waals surface area contributed by atoms with Crippen LogP contribution in [0.15, 0.2) is 22.7 Å². The predicted octanol–water partition coefficient (Wildman–Crippen LogP) is 3.23. The summed E-state index contributed by atoms with van der Waals surface area (Å²) in [7, 11) is 0. The molecule has 0 saturated heterocycles. The van der Waals surface area contributed by atoms with Gasteiger partial charge in [0.1, 0.15) is 5.75 Å². The number of rotatable bonds is 5. The molecular weight excluding hydrogens is 294 g/mol. The van der Waals surface area contributed by atoms with E-state index in [1.165, 1.54) is 0 Å². The standard InChI is InChI=1S/C14H18BrNO2/c1-9(2)12-7-10(15)3-6-13(12)18-8-14(17)16-11-4-5-11/h3,6-7,9,11H,4-5,8H2,1-2H3,(H,16,17). The highest BCUT2D eigenvalue weighted by Crippen LogP contribution is 2.29. The molecule has 1 aromatic rings. The number of benzene rings is 1. The fraction of sp³-hybridized carbons (Fsp3) is 0.500. The van der Waals surface area contributed by atoms with Gasteiger partial charge in [-0.1, -0.05) is 29.8 Å². The molecule has 1 aliphatic carbocycles. The number of ether oxygens (including phenoxy) is 1. The summed E-state index contributed by atoms with van der Waals surface area (Å²) in [4.78, 5) is 11.6. The molecule has 1 fully saturated rings. The molecule has 98 valence electrons. The van der Waals surface area contributed by atoms with Gasteiger partial charge in [-0.15, -0.1) is 0 Å². The maximum atomic E-state index is 11.6. The van der Waals surface area contributed by atoms with Crippen molar-refractivity contribution in [3.05, 3.63) is 28.2 Å². The highest BCUT2D eigenvalue weighted by atomic mass is 79.9. The largest absolute Gasteiger partial charge is 0.483 e. The van der Waals surface area contributed by atoms with Crippen molar-refractivity contribution in [2.75, 3.05) is 6.61 Å². The van der Waals surface area contributed by atoms with Crippen molar-refractivity contribution in [2.45, 2.75) is 38.6 Å². The Morgan fingerprint density at radius 3 is 2.83 bits per heavy atom. The number of carbonyl (C=O) groups is 1. The molecule has 0 bridgehead atoms. The molecule has 0 radical (unpaired) electrons. The van der Waals surface area contributed by atoms with Crippen LogP contribution in [0.1, 0.15) is 38.2 Å². The number of amides is 1. The van der Waals surface area contributed by atoms with Gasteiger partial charge in [0.05, 0.1) is 0 Å². The van der Waals surface area contributed by atoms with E-state index in [4.69, 9.17) is 4.74 Å². The monoisotopic (exact) mass is 311 g/mol. The molecule has 2 rings (SSSR count). The molecule has 0 atom stereocenters. The first-order valence-corrected chi connectivity index (χ1v) is 7.07. The van der Waals surface area contributed by atoms with Crippen LogP contribution in [0.5, 0.6) is 5.75 Å². The second kappa shape index (κ2) is 5.74. The van der Waals surface area contributed by atoms with Gasteiger partial charge in [-0.3, -0.25) is 4.79 Å². The van der Waals surface area contributed by atoms with Gasteiger partial charge >= 0.3 is 0 Å². The molecule has 0 aromatic heterocycles. The number of hydrogen-bond donors (Lipinski definition) is 1. The number of nitrogens with one attached hydrogen (secondary N) is 1. The molecule has 1 N–H and O–H groups in total. The van der Waals surface area contributed by atoms with Crippen LogP contribution in [0.3, 0.4) is 0 Å². The van der Waals surface area contributed by atoms with Crippen LogP contribution < -0.4 is 10.1 Å². The lowest BCUT2D eigenvalue weighted by Crippen LogP contribution is -2.30. The minimum Gasteiger partial charge on any atom is -0.483 e. The molecule has 0 heterocycles. The summed E-state index contributed by atoms with van der Waals surface area (Å²) in [5.74, 6) is 1.12. The van der Waals surface area contributed by atoms with E-state index < -0.39 is 0 Å². The zero-order valence-corrected chi connectivity index (χ0v) is 12.3. The molecule has 18 heavy (non-hydrogen) atoms. The van der Waals surface area contributed by atoms with Gasteiger partial charge in [0, 0.05) is 10.5 Å². The zero-order chi connectivity index (χ0) is 13.1. The molecule has 0 aliphatic heterocycles. The molecule has 0 spiro atoms. The summed E-state index contributed by atoms with van der Waals surface area (Å²) in [5, 5.41) is 2.91. The number of carbonyl (C=O) groups excluding carboxylic acids is 1. The SMILES string of the molecule is CC(C)c1cc(Br)ccc1OCC(=O)NC1CC1. The first-order chi connectivity index (χ1) is 8.56. The predicted molar refractivity (Wildman–Crippen MR) is 74.9 cm³/mol. The Hall–Kier alpha value is -1.03.